The first-order valence-electron chi connectivity index (χ1n) is 6.91. The van der Waals surface area contributed by atoms with Crippen molar-refractivity contribution in [3.8, 4) is 0 Å². The molecule has 0 aliphatic carbocycles. The van der Waals surface area contributed by atoms with Crippen LogP contribution >= 0.6 is 0 Å². The molecule has 1 aliphatic heterocycles. The van der Waals surface area contributed by atoms with Crippen LogP contribution in [0.25, 0.3) is 0 Å². The smallest absolute Gasteiger partial charge is 0.328 e. The van der Waals surface area contributed by atoms with Crippen LogP contribution in [0.5, 0.6) is 0 Å². The third-order valence-electron chi connectivity index (χ3n) is 3.31. The lowest BCUT2D eigenvalue weighted by Crippen LogP contribution is -2.47. The van der Waals surface area contributed by atoms with Crippen molar-refractivity contribution in [1.82, 2.24) is 10.6 Å². The summed E-state index contributed by atoms with van der Waals surface area (Å²) in [7, 11) is 0. The van der Waals surface area contributed by atoms with Crippen LogP contribution in [-0.4, -0.2) is 30.5 Å². The summed E-state index contributed by atoms with van der Waals surface area (Å²) in [6, 6.07) is 8.65. The van der Waals surface area contributed by atoms with E-state index in [1.807, 2.05) is 30.3 Å². The second-order valence-electron chi connectivity index (χ2n) is 4.97. The summed E-state index contributed by atoms with van der Waals surface area (Å²) < 4.78 is 5.18. The number of nitrogens with one attached hydrogen (secondary N) is 2. The molecule has 1 aromatic rings. The van der Waals surface area contributed by atoms with Crippen molar-refractivity contribution in [2.45, 2.75) is 38.5 Å². The van der Waals surface area contributed by atoms with E-state index in [4.69, 9.17) is 4.74 Å². The number of carbonyl (C=O) groups excluding carboxylic acids is 2. The predicted octanol–water partition coefficient (Wildman–Crippen LogP) is 0.986. The molecule has 0 aromatic heterocycles. The lowest BCUT2D eigenvalue weighted by atomic mass is 10.2. The molecular formula is C15H20N2O3. The summed E-state index contributed by atoms with van der Waals surface area (Å²) in [6.07, 6.45) is 1.81. The van der Waals surface area contributed by atoms with Gasteiger partial charge in [0, 0.05) is 0 Å². The first-order chi connectivity index (χ1) is 9.66. The summed E-state index contributed by atoms with van der Waals surface area (Å²) in [5, 5.41) is 5.78. The molecule has 1 amide bonds. The van der Waals surface area contributed by atoms with Crippen molar-refractivity contribution >= 4 is 11.9 Å². The molecule has 5 nitrogen and oxygen atoms in total. The quantitative estimate of drug-likeness (QED) is 0.787. The Morgan fingerprint density at radius 2 is 2.15 bits per heavy atom. The van der Waals surface area contributed by atoms with Gasteiger partial charge in [-0.25, -0.2) is 4.79 Å². The van der Waals surface area contributed by atoms with Crippen LogP contribution in [0.1, 0.15) is 25.3 Å². The molecule has 0 spiro atoms. The van der Waals surface area contributed by atoms with Crippen LogP contribution in [0.15, 0.2) is 30.3 Å². The molecule has 1 unspecified atom stereocenters. The molecule has 0 saturated carbocycles. The Bertz CT molecular complexity index is 455. The summed E-state index contributed by atoms with van der Waals surface area (Å²) in [6.45, 7) is 2.71. The van der Waals surface area contributed by atoms with Crippen molar-refractivity contribution in [2.24, 2.45) is 0 Å². The lowest BCUT2D eigenvalue weighted by Gasteiger charge is -2.16. The van der Waals surface area contributed by atoms with Gasteiger partial charge in [-0.05, 0) is 31.9 Å². The van der Waals surface area contributed by atoms with Gasteiger partial charge in [0.25, 0.3) is 0 Å². The fraction of sp³-hybridized carbons (Fsp3) is 0.467. The van der Waals surface area contributed by atoms with E-state index in [1.165, 1.54) is 0 Å². The van der Waals surface area contributed by atoms with Crippen molar-refractivity contribution in [1.29, 1.82) is 0 Å². The van der Waals surface area contributed by atoms with Gasteiger partial charge in [0.2, 0.25) is 5.91 Å². The number of amides is 1. The normalized spacial score (nSPS) is 19.4. The zero-order valence-corrected chi connectivity index (χ0v) is 11.6. The predicted molar refractivity (Wildman–Crippen MR) is 74.9 cm³/mol. The van der Waals surface area contributed by atoms with Crippen molar-refractivity contribution in [3.63, 3.8) is 0 Å². The van der Waals surface area contributed by atoms with Gasteiger partial charge in [-0.15, -0.1) is 0 Å². The molecule has 20 heavy (non-hydrogen) atoms. The SMILES string of the molecule is C[C@H](NC(=O)C1CCCN1)C(=O)OCc1ccccc1. The molecule has 1 aliphatic rings. The summed E-state index contributed by atoms with van der Waals surface area (Å²) in [5.74, 6) is -0.549. The number of benzene rings is 1. The van der Waals surface area contributed by atoms with Crippen LogP contribution in [0.2, 0.25) is 0 Å². The minimum Gasteiger partial charge on any atom is -0.459 e. The molecule has 1 aromatic carbocycles. The molecule has 1 fully saturated rings. The monoisotopic (exact) mass is 276 g/mol. The Balaban J connectivity index is 1.75. The van der Waals surface area contributed by atoms with Crippen LogP contribution < -0.4 is 10.6 Å². The Kier molecular flexibility index (Phi) is 5.12. The first-order valence-corrected chi connectivity index (χ1v) is 6.91. The fourth-order valence-electron chi connectivity index (χ4n) is 2.13. The molecule has 2 N–H and O–H groups in total. The van der Waals surface area contributed by atoms with Gasteiger partial charge in [0.1, 0.15) is 12.6 Å². The standard InChI is InChI=1S/C15H20N2O3/c1-11(17-14(18)13-8-5-9-16-13)15(19)20-10-12-6-3-2-4-7-12/h2-4,6-7,11,13,16H,5,8-10H2,1H3,(H,17,18)/t11-,13?/m0/s1. The van der Waals surface area contributed by atoms with E-state index in [2.05, 4.69) is 10.6 Å². The van der Waals surface area contributed by atoms with E-state index < -0.39 is 12.0 Å². The lowest BCUT2D eigenvalue weighted by molar-refractivity contribution is -0.148. The van der Waals surface area contributed by atoms with Crippen molar-refractivity contribution in [3.05, 3.63) is 35.9 Å². The zero-order chi connectivity index (χ0) is 14.4. The van der Waals surface area contributed by atoms with Gasteiger partial charge < -0.3 is 15.4 Å². The number of esters is 1. The highest BCUT2D eigenvalue weighted by atomic mass is 16.5. The second-order valence-corrected chi connectivity index (χ2v) is 4.97. The summed E-state index contributed by atoms with van der Waals surface area (Å²) in [5.41, 5.74) is 0.928. The number of ether oxygens (including phenoxy) is 1. The van der Waals surface area contributed by atoms with Gasteiger partial charge in [-0.3, -0.25) is 4.79 Å². The largest absolute Gasteiger partial charge is 0.459 e. The van der Waals surface area contributed by atoms with Gasteiger partial charge >= 0.3 is 5.97 Å². The molecular weight excluding hydrogens is 256 g/mol. The molecule has 0 radical (unpaired) electrons. The molecule has 2 atom stereocenters. The maximum atomic E-state index is 11.9. The molecule has 5 heteroatoms. The minimum absolute atomic E-state index is 0.133. The van der Waals surface area contributed by atoms with Gasteiger partial charge in [0.05, 0.1) is 6.04 Å². The van der Waals surface area contributed by atoms with Gasteiger partial charge in [0.15, 0.2) is 0 Å². The maximum Gasteiger partial charge on any atom is 0.328 e. The number of rotatable bonds is 5. The van der Waals surface area contributed by atoms with Gasteiger partial charge in [-0.1, -0.05) is 30.3 Å². The molecule has 0 bridgehead atoms. The van der Waals surface area contributed by atoms with Crippen LogP contribution in [-0.2, 0) is 20.9 Å². The van der Waals surface area contributed by atoms with Crippen molar-refractivity contribution in [2.75, 3.05) is 6.54 Å². The number of hydrogen-bond acceptors (Lipinski definition) is 4. The second kappa shape index (κ2) is 7.05. The van der Waals surface area contributed by atoms with Crippen molar-refractivity contribution < 1.29 is 14.3 Å². The topological polar surface area (TPSA) is 67.4 Å². The minimum atomic E-state index is -0.631. The maximum absolute atomic E-state index is 11.9. The first kappa shape index (κ1) is 14.5. The van der Waals surface area contributed by atoms with Crippen LogP contribution in [0, 0.1) is 0 Å². The molecule has 1 heterocycles. The average Bonchev–Trinajstić information content (AvgIpc) is 3.00. The van der Waals surface area contributed by atoms with E-state index >= 15 is 0 Å². The molecule has 1 saturated heterocycles. The number of carbonyl (C=O) groups is 2. The fourth-order valence-corrected chi connectivity index (χ4v) is 2.13. The zero-order valence-electron chi connectivity index (χ0n) is 11.6. The molecule has 108 valence electrons. The van der Waals surface area contributed by atoms with Crippen LogP contribution in [0.3, 0.4) is 0 Å². The van der Waals surface area contributed by atoms with E-state index in [0.29, 0.717) is 0 Å². The van der Waals surface area contributed by atoms with Gasteiger partial charge in [-0.2, -0.15) is 0 Å². The summed E-state index contributed by atoms with van der Waals surface area (Å²) >= 11 is 0. The van der Waals surface area contributed by atoms with E-state index in [9.17, 15) is 9.59 Å². The Morgan fingerprint density at radius 1 is 1.40 bits per heavy atom. The Labute approximate surface area is 118 Å². The highest BCUT2D eigenvalue weighted by molar-refractivity contribution is 5.87. The third kappa shape index (κ3) is 4.06. The highest BCUT2D eigenvalue weighted by Crippen LogP contribution is 2.06. The highest BCUT2D eigenvalue weighted by Gasteiger charge is 2.25. The van der Waals surface area contributed by atoms with E-state index in [1.54, 1.807) is 6.92 Å². The Hall–Kier alpha value is -1.88. The average molecular weight is 276 g/mol. The summed E-state index contributed by atoms with van der Waals surface area (Å²) in [4.78, 5) is 23.7. The molecule has 2 rings (SSSR count). The van der Waals surface area contributed by atoms with E-state index in [-0.39, 0.29) is 18.6 Å². The Morgan fingerprint density at radius 3 is 2.80 bits per heavy atom. The third-order valence-corrected chi connectivity index (χ3v) is 3.31. The number of hydrogen-bond donors (Lipinski definition) is 2. The van der Waals surface area contributed by atoms with Crippen LogP contribution in [0.4, 0.5) is 0 Å². The van der Waals surface area contributed by atoms with E-state index in [0.717, 1.165) is 24.9 Å².